The second-order valence-electron chi connectivity index (χ2n) is 3.39. The quantitative estimate of drug-likeness (QED) is 0.692. The number of hydrogen-bond donors (Lipinski definition) is 1. The Balaban J connectivity index is 2.57. The van der Waals surface area contributed by atoms with Crippen molar-refractivity contribution < 1.29 is 18.3 Å². The molecule has 1 rings (SSSR count). The van der Waals surface area contributed by atoms with E-state index in [4.69, 9.17) is 5.11 Å². The molecular formula is C8H14O4S. The molecule has 1 N–H and O–H groups in total. The summed E-state index contributed by atoms with van der Waals surface area (Å²) in [4.78, 5) is 11.3. The molecule has 1 saturated heterocycles. The average Bonchev–Trinajstić information content (AvgIpc) is 2.03. The van der Waals surface area contributed by atoms with Gasteiger partial charge in [0.25, 0.3) is 0 Å². The topological polar surface area (TPSA) is 71.4 Å². The van der Waals surface area contributed by atoms with E-state index in [2.05, 4.69) is 0 Å². The Hall–Kier alpha value is -0.420. The standard InChI is InChI=1S/C8H14O4S/c9-4-3-8(10)7-2-1-5-13(11,12)6-7/h7,9H,1-6H2. The molecule has 1 aliphatic heterocycles. The first kappa shape index (κ1) is 10.7. The van der Waals surface area contributed by atoms with Crippen LogP contribution in [0, 0.1) is 5.92 Å². The molecular weight excluding hydrogens is 192 g/mol. The van der Waals surface area contributed by atoms with E-state index in [0.717, 1.165) is 0 Å². The number of carbonyl (C=O) groups excluding carboxylic acids is 1. The highest BCUT2D eigenvalue weighted by Crippen LogP contribution is 2.19. The van der Waals surface area contributed by atoms with Gasteiger partial charge < -0.3 is 5.11 Å². The summed E-state index contributed by atoms with van der Waals surface area (Å²) in [6, 6.07) is 0. The lowest BCUT2D eigenvalue weighted by atomic mass is 9.98. The summed E-state index contributed by atoms with van der Waals surface area (Å²) in [7, 11) is -3.00. The van der Waals surface area contributed by atoms with Gasteiger partial charge in [-0.05, 0) is 12.8 Å². The second-order valence-corrected chi connectivity index (χ2v) is 5.62. The van der Waals surface area contributed by atoms with Crippen LogP contribution in [0.4, 0.5) is 0 Å². The molecule has 0 saturated carbocycles. The molecule has 0 aromatic rings. The largest absolute Gasteiger partial charge is 0.396 e. The van der Waals surface area contributed by atoms with Gasteiger partial charge in [0.1, 0.15) is 5.78 Å². The SMILES string of the molecule is O=C(CCO)C1CCCS(=O)(=O)C1. The first-order valence-corrected chi connectivity index (χ1v) is 6.21. The van der Waals surface area contributed by atoms with Crippen LogP contribution in [0.3, 0.4) is 0 Å². The number of hydrogen-bond acceptors (Lipinski definition) is 4. The van der Waals surface area contributed by atoms with Crippen molar-refractivity contribution in [3.8, 4) is 0 Å². The Labute approximate surface area is 77.9 Å². The Bertz CT molecular complexity index is 281. The van der Waals surface area contributed by atoms with E-state index in [0.29, 0.717) is 12.8 Å². The van der Waals surface area contributed by atoms with Gasteiger partial charge in [0.2, 0.25) is 0 Å². The fraction of sp³-hybridized carbons (Fsp3) is 0.875. The van der Waals surface area contributed by atoms with Gasteiger partial charge >= 0.3 is 0 Å². The summed E-state index contributed by atoms with van der Waals surface area (Å²) in [5.74, 6) is -0.307. The van der Waals surface area contributed by atoms with Crippen molar-refractivity contribution >= 4 is 15.6 Å². The summed E-state index contributed by atoms with van der Waals surface area (Å²) in [6.07, 6.45) is 1.31. The van der Waals surface area contributed by atoms with Crippen molar-refractivity contribution in [2.75, 3.05) is 18.1 Å². The zero-order chi connectivity index (χ0) is 9.90. The van der Waals surface area contributed by atoms with Gasteiger partial charge in [-0.15, -0.1) is 0 Å². The minimum atomic E-state index is -3.00. The molecule has 1 fully saturated rings. The Morgan fingerprint density at radius 2 is 2.15 bits per heavy atom. The zero-order valence-corrected chi connectivity index (χ0v) is 8.22. The van der Waals surface area contributed by atoms with Crippen LogP contribution in [-0.4, -0.2) is 37.4 Å². The molecule has 0 aromatic heterocycles. The van der Waals surface area contributed by atoms with Gasteiger partial charge in [0, 0.05) is 18.9 Å². The van der Waals surface area contributed by atoms with E-state index in [9.17, 15) is 13.2 Å². The van der Waals surface area contributed by atoms with E-state index in [-0.39, 0.29) is 36.2 Å². The van der Waals surface area contributed by atoms with Crippen LogP contribution < -0.4 is 0 Å². The van der Waals surface area contributed by atoms with Crippen LogP contribution in [0.5, 0.6) is 0 Å². The molecule has 1 heterocycles. The van der Waals surface area contributed by atoms with Gasteiger partial charge in [0.15, 0.2) is 9.84 Å². The number of sulfone groups is 1. The lowest BCUT2D eigenvalue weighted by Gasteiger charge is -2.20. The molecule has 0 aromatic carbocycles. The van der Waals surface area contributed by atoms with Crippen molar-refractivity contribution in [1.29, 1.82) is 0 Å². The van der Waals surface area contributed by atoms with Crippen molar-refractivity contribution in [1.82, 2.24) is 0 Å². The molecule has 0 radical (unpaired) electrons. The van der Waals surface area contributed by atoms with Gasteiger partial charge in [-0.3, -0.25) is 4.79 Å². The van der Waals surface area contributed by atoms with Crippen LogP contribution in [0.15, 0.2) is 0 Å². The number of Topliss-reactive ketones (excluding diaryl/α,β-unsaturated/α-hetero) is 1. The Morgan fingerprint density at radius 1 is 1.46 bits per heavy atom. The van der Waals surface area contributed by atoms with E-state index < -0.39 is 9.84 Å². The minimum absolute atomic E-state index is 0.0220. The van der Waals surface area contributed by atoms with Crippen LogP contribution in [0.2, 0.25) is 0 Å². The highest BCUT2D eigenvalue weighted by Gasteiger charge is 2.28. The van der Waals surface area contributed by atoms with Crippen molar-refractivity contribution in [2.24, 2.45) is 5.92 Å². The molecule has 0 bridgehead atoms. The molecule has 1 unspecified atom stereocenters. The normalized spacial score (nSPS) is 27.0. The lowest BCUT2D eigenvalue weighted by molar-refractivity contribution is -0.123. The molecule has 13 heavy (non-hydrogen) atoms. The van der Waals surface area contributed by atoms with Crippen LogP contribution in [0.1, 0.15) is 19.3 Å². The lowest BCUT2D eigenvalue weighted by Crippen LogP contribution is -2.30. The van der Waals surface area contributed by atoms with E-state index in [1.807, 2.05) is 0 Å². The van der Waals surface area contributed by atoms with Crippen molar-refractivity contribution in [3.63, 3.8) is 0 Å². The third kappa shape index (κ3) is 3.08. The van der Waals surface area contributed by atoms with Gasteiger partial charge in [-0.25, -0.2) is 8.42 Å². The predicted octanol–water partition coefficient (Wildman–Crippen LogP) is -0.237. The summed E-state index contributed by atoms with van der Waals surface area (Å²) < 4.78 is 22.3. The number of rotatable bonds is 3. The average molecular weight is 206 g/mol. The third-order valence-electron chi connectivity index (χ3n) is 2.28. The molecule has 0 amide bonds. The highest BCUT2D eigenvalue weighted by atomic mass is 32.2. The molecule has 0 spiro atoms. The second kappa shape index (κ2) is 4.19. The van der Waals surface area contributed by atoms with Gasteiger partial charge in [-0.2, -0.15) is 0 Å². The van der Waals surface area contributed by atoms with Crippen molar-refractivity contribution in [3.05, 3.63) is 0 Å². The monoisotopic (exact) mass is 206 g/mol. The van der Waals surface area contributed by atoms with E-state index in [1.165, 1.54) is 0 Å². The highest BCUT2D eigenvalue weighted by molar-refractivity contribution is 7.91. The number of aliphatic hydroxyl groups excluding tert-OH is 1. The molecule has 4 nitrogen and oxygen atoms in total. The maximum Gasteiger partial charge on any atom is 0.151 e. The third-order valence-corrected chi connectivity index (χ3v) is 4.10. The van der Waals surface area contributed by atoms with Crippen LogP contribution in [-0.2, 0) is 14.6 Å². The minimum Gasteiger partial charge on any atom is -0.396 e. The summed E-state index contributed by atoms with van der Waals surface area (Å²) in [5, 5.41) is 8.53. The smallest absolute Gasteiger partial charge is 0.151 e. The first-order valence-electron chi connectivity index (χ1n) is 4.39. The number of ketones is 1. The predicted molar refractivity (Wildman–Crippen MR) is 48.1 cm³/mol. The Kier molecular flexibility index (Phi) is 3.44. The molecule has 1 atom stereocenters. The van der Waals surface area contributed by atoms with E-state index >= 15 is 0 Å². The fourth-order valence-electron chi connectivity index (χ4n) is 1.59. The van der Waals surface area contributed by atoms with Gasteiger partial charge in [0.05, 0.1) is 11.5 Å². The summed E-state index contributed by atoms with van der Waals surface area (Å²) in [5.41, 5.74) is 0. The Morgan fingerprint density at radius 3 is 2.69 bits per heavy atom. The first-order chi connectivity index (χ1) is 6.05. The zero-order valence-electron chi connectivity index (χ0n) is 7.40. The van der Waals surface area contributed by atoms with Crippen LogP contribution >= 0.6 is 0 Å². The maximum atomic E-state index is 11.3. The molecule has 0 aliphatic carbocycles. The van der Waals surface area contributed by atoms with Gasteiger partial charge in [-0.1, -0.05) is 0 Å². The number of aliphatic hydroxyl groups is 1. The van der Waals surface area contributed by atoms with E-state index in [1.54, 1.807) is 0 Å². The molecule has 76 valence electrons. The summed E-state index contributed by atoms with van der Waals surface area (Å²) >= 11 is 0. The van der Waals surface area contributed by atoms with Crippen LogP contribution in [0.25, 0.3) is 0 Å². The summed E-state index contributed by atoms with van der Waals surface area (Å²) in [6.45, 7) is -0.185. The molecule has 1 aliphatic rings. The number of carbonyl (C=O) groups is 1. The maximum absolute atomic E-state index is 11.3. The van der Waals surface area contributed by atoms with Crippen molar-refractivity contribution in [2.45, 2.75) is 19.3 Å². The fourth-order valence-corrected chi connectivity index (χ4v) is 3.33. The molecule has 5 heteroatoms.